The van der Waals surface area contributed by atoms with Crippen molar-refractivity contribution in [2.24, 2.45) is 56.7 Å². The first kappa shape index (κ1) is 49.5. The average molecular weight is 915 g/mol. The van der Waals surface area contributed by atoms with Crippen molar-refractivity contribution in [1.29, 1.82) is 0 Å². The molecule has 0 amide bonds. The van der Waals surface area contributed by atoms with E-state index in [0.29, 0.717) is 25.7 Å². The zero-order valence-electron chi connectivity index (χ0n) is 39.0. The summed E-state index contributed by atoms with van der Waals surface area (Å²) in [6, 6.07) is 0. The number of aliphatic hydroxyl groups is 10. The second kappa shape index (κ2) is 16.9. The zero-order valence-corrected chi connectivity index (χ0v) is 39.0. The maximum Gasteiger partial charge on any atom is 0.187 e. The number of hydrogen-bond acceptors (Lipinski definition) is 17. The van der Waals surface area contributed by atoms with Gasteiger partial charge in [0.05, 0.1) is 37.1 Å². The Hall–Kier alpha value is -0.970. The predicted octanol–water partition coefficient (Wildman–Crippen LogP) is 0.509. The summed E-state index contributed by atoms with van der Waals surface area (Å²) in [6.45, 7) is 17.7. The fourth-order valence-electron chi connectivity index (χ4n) is 16.1. The lowest BCUT2D eigenvalue weighted by atomic mass is 9.31. The van der Waals surface area contributed by atoms with Gasteiger partial charge in [0.15, 0.2) is 18.9 Å². The molecule has 5 saturated carbocycles. The second-order valence-electron chi connectivity index (χ2n) is 23.4. The number of aliphatic hydroxyl groups excluding tert-OH is 10. The normalized spacial score (nSPS) is 56.4. The van der Waals surface area contributed by atoms with Gasteiger partial charge in [-0.1, -0.05) is 41.5 Å². The number of hydrogen-bond donors (Lipinski definition) is 10. The average Bonchev–Trinajstić information content (AvgIpc) is 3.57. The molecule has 0 aromatic rings. The summed E-state index contributed by atoms with van der Waals surface area (Å²) in [5.74, 6) is -0.0911. The van der Waals surface area contributed by atoms with Crippen LogP contribution in [0.4, 0.5) is 0 Å². The first-order valence-corrected chi connectivity index (χ1v) is 23.9. The maximum absolute atomic E-state index is 15.0. The van der Waals surface area contributed by atoms with Gasteiger partial charge in [-0.3, -0.25) is 4.79 Å². The van der Waals surface area contributed by atoms with Crippen LogP contribution in [0.25, 0.3) is 0 Å². The summed E-state index contributed by atoms with van der Waals surface area (Å²) < 4.78 is 36.1. The summed E-state index contributed by atoms with van der Waals surface area (Å²) in [4.78, 5) is 15.0. The van der Waals surface area contributed by atoms with Crippen LogP contribution in [0.2, 0.25) is 0 Å². The highest BCUT2D eigenvalue weighted by molar-refractivity contribution is 5.85. The summed E-state index contributed by atoms with van der Waals surface area (Å²) in [5.41, 5.74) is -3.34. The van der Waals surface area contributed by atoms with Crippen LogP contribution < -0.4 is 0 Å². The molecule has 3 aliphatic heterocycles. The maximum atomic E-state index is 15.0. The van der Waals surface area contributed by atoms with Crippen LogP contribution in [0, 0.1) is 56.7 Å². The molecule has 0 radical (unpaired) electrons. The number of fused-ring (bicyclic) bond motifs is 7. The minimum absolute atomic E-state index is 0.00550. The van der Waals surface area contributed by atoms with Gasteiger partial charge in [0.2, 0.25) is 0 Å². The topological polar surface area (TPSA) is 275 Å². The summed E-state index contributed by atoms with van der Waals surface area (Å²) in [6.07, 6.45) is -15.2. The Morgan fingerprint density at radius 3 is 2.00 bits per heavy atom. The van der Waals surface area contributed by atoms with Crippen molar-refractivity contribution in [3.8, 4) is 0 Å². The first-order valence-electron chi connectivity index (χ1n) is 23.9. The van der Waals surface area contributed by atoms with Gasteiger partial charge >= 0.3 is 0 Å². The van der Waals surface area contributed by atoms with Crippen molar-refractivity contribution in [3.63, 3.8) is 0 Å². The van der Waals surface area contributed by atoms with E-state index < -0.39 is 132 Å². The van der Waals surface area contributed by atoms with Crippen molar-refractivity contribution in [1.82, 2.24) is 0 Å². The molecule has 10 N–H and O–H groups in total. The second-order valence-corrected chi connectivity index (χ2v) is 23.4. The van der Waals surface area contributed by atoms with Crippen LogP contribution in [0.3, 0.4) is 0 Å². The van der Waals surface area contributed by atoms with Crippen molar-refractivity contribution in [3.05, 3.63) is 0 Å². The van der Waals surface area contributed by atoms with Crippen molar-refractivity contribution < 1.29 is 84.3 Å². The quantitative estimate of drug-likeness (QED) is 0.149. The SMILES string of the molecule is C[C@@H]1O[C@@H](O[C@H]2[C@H](O)[C@@H](O)[C@H](OC(C)(C)[C@@H]3CC[C@]4(C)[C@H]5CC[C@@H]6[C@@]7(C)CCC(O[C@@H]8OC[C@H](O)[C@H](O)[C@H]8O)C(C)(C)[C@@H]7C(=O)C[C@@]6(C)[C@]5(C)[C@H](O)C[C@@H]34)O[C@@H]2CO)[C@H](O)[C@H](O)[C@H]1O. The molecule has 17 nitrogen and oxygen atoms in total. The largest absolute Gasteiger partial charge is 0.394 e. The third-order valence-electron chi connectivity index (χ3n) is 19.6. The van der Waals surface area contributed by atoms with E-state index in [9.17, 15) is 55.9 Å². The van der Waals surface area contributed by atoms with E-state index in [2.05, 4.69) is 41.5 Å². The van der Waals surface area contributed by atoms with Gasteiger partial charge in [0, 0.05) is 23.2 Å². The molecule has 0 bridgehead atoms. The lowest BCUT2D eigenvalue weighted by molar-refractivity contribution is -0.368. The fourth-order valence-corrected chi connectivity index (χ4v) is 16.1. The van der Waals surface area contributed by atoms with Crippen LogP contribution in [0.1, 0.15) is 114 Å². The molecule has 8 aliphatic rings. The van der Waals surface area contributed by atoms with Crippen LogP contribution in [0.15, 0.2) is 0 Å². The van der Waals surface area contributed by atoms with Gasteiger partial charge < -0.3 is 79.5 Å². The number of rotatable bonds is 8. The smallest absolute Gasteiger partial charge is 0.187 e. The standard InChI is InChI=1S/C47H78O17/c1-20-30(52)32(54)35(57)40(60-20)63-37-25(18-48)61-41(36(58)33(37)55)64-43(4,5)21-12-14-44(6)22(21)16-28(51)47(9)27(44)11-10-26-45(7)15-13-29(62-39-34(56)31(53)24(50)19-59-39)42(2,3)38(45)23(49)17-46(26,47)8/h20-22,24-41,48,50-58H,10-19H2,1-9H3/t20-,21+,22-,24-,25+,26+,27+,28+,29?,30-,31-,32+,33+,34+,35+,36+,37+,38-,39-,40-,41-,44-,45+,46+,47-/m0/s1. The highest BCUT2D eigenvalue weighted by atomic mass is 16.7. The molecular formula is C47H78O17. The van der Waals surface area contributed by atoms with Gasteiger partial charge in [0.25, 0.3) is 0 Å². The lowest BCUT2D eigenvalue weighted by Gasteiger charge is -2.73. The summed E-state index contributed by atoms with van der Waals surface area (Å²) in [5, 5.41) is 108. The molecule has 0 spiro atoms. The summed E-state index contributed by atoms with van der Waals surface area (Å²) in [7, 11) is 0. The monoisotopic (exact) mass is 915 g/mol. The van der Waals surface area contributed by atoms with E-state index >= 15 is 0 Å². The van der Waals surface area contributed by atoms with E-state index in [4.69, 9.17) is 28.4 Å². The van der Waals surface area contributed by atoms with Crippen LogP contribution in [-0.2, 0) is 33.2 Å². The Morgan fingerprint density at radius 2 is 1.33 bits per heavy atom. The molecule has 64 heavy (non-hydrogen) atoms. The van der Waals surface area contributed by atoms with Gasteiger partial charge in [-0.25, -0.2) is 0 Å². The molecule has 25 atom stereocenters. The molecule has 5 aliphatic carbocycles. The fraction of sp³-hybridized carbons (Fsp3) is 0.979. The van der Waals surface area contributed by atoms with Gasteiger partial charge in [-0.05, 0) is 106 Å². The predicted molar refractivity (Wildman–Crippen MR) is 224 cm³/mol. The molecule has 17 heteroatoms. The molecule has 0 aromatic heterocycles. The first-order chi connectivity index (χ1) is 29.7. The number of carbonyl (C=O) groups is 1. The molecular weight excluding hydrogens is 836 g/mol. The Balaban J connectivity index is 0.982. The van der Waals surface area contributed by atoms with Crippen molar-refractivity contribution in [2.75, 3.05) is 13.2 Å². The number of ether oxygens (including phenoxy) is 6. The molecule has 368 valence electrons. The van der Waals surface area contributed by atoms with Gasteiger partial charge in [-0.2, -0.15) is 0 Å². The van der Waals surface area contributed by atoms with E-state index in [1.165, 1.54) is 6.92 Å². The zero-order chi connectivity index (χ0) is 47.0. The van der Waals surface area contributed by atoms with E-state index in [1.54, 1.807) is 0 Å². The third-order valence-corrected chi connectivity index (χ3v) is 19.6. The lowest BCUT2D eigenvalue weighted by Crippen LogP contribution is -2.72. The van der Waals surface area contributed by atoms with Crippen molar-refractivity contribution >= 4 is 5.78 Å². The summed E-state index contributed by atoms with van der Waals surface area (Å²) >= 11 is 0. The number of Topliss-reactive ketones (excluding diaryl/α,β-unsaturated/α-hetero) is 1. The molecule has 3 heterocycles. The molecule has 3 saturated heterocycles. The van der Waals surface area contributed by atoms with E-state index in [-0.39, 0.29) is 47.4 Å². The highest BCUT2D eigenvalue weighted by Crippen LogP contribution is 2.78. The van der Waals surface area contributed by atoms with E-state index in [0.717, 1.165) is 25.7 Å². The van der Waals surface area contributed by atoms with Crippen LogP contribution in [-0.4, -0.2) is 174 Å². The molecule has 0 aromatic carbocycles. The number of carbonyl (C=O) groups excluding carboxylic acids is 1. The van der Waals surface area contributed by atoms with Gasteiger partial charge in [0.1, 0.15) is 66.8 Å². The van der Waals surface area contributed by atoms with Crippen LogP contribution in [0.5, 0.6) is 0 Å². The Morgan fingerprint density at radius 1 is 0.703 bits per heavy atom. The Labute approximate surface area is 376 Å². The van der Waals surface area contributed by atoms with Crippen LogP contribution >= 0.6 is 0 Å². The minimum atomic E-state index is -1.68. The minimum Gasteiger partial charge on any atom is -0.394 e. The molecule has 8 rings (SSSR count). The third kappa shape index (κ3) is 7.26. The highest BCUT2D eigenvalue weighted by Gasteiger charge is 2.75. The van der Waals surface area contributed by atoms with Crippen molar-refractivity contribution in [2.45, 2.75) is 218 Å². The number of ketones is 1. The van der Waals surface area contributed by atoms with Gasteiger partial charge in [-0.15, -0.1) is 0 Å². The Bertz CT molecular complexity index is 1710. The molecule has 8 fully saturated rings. The Kier molecular flexibility index (Phi) is 13.0. The van der Waals surface area contributed by atoms with E-state index in [1.807, 2.05) is 13.8 Å². The molecule has 1 unspecified atom stereocenters.